The van der Waals surface area contributed by atoms with Gasteiger partial charge in [0.2, 0.25) is 0 Å². The first-order chi connectivity index (χ1) is 9.46. The highest BCUT2D eigenvalue weighted by atomic mass is 32.2. The lowest BCUT2D eigenvalue weighted by Gasteiger charge is -2.04. The van der Waals surface area contributed by atoms with E-state index in [9.17, 15) is 18.0 Å². The van der Waals surface area contributed by atoms with E-state index in [1.807, 2.05) is 6.07 Å². The van der Waals surface area contributed by atoms with E-state index >= 15 is 0 Å². The molecular weight excluding hydrogens is 286 g/mol. The summed E-state index contributed by atoms with van der Waals surface area (Å²) in [5, 5.41) is 0. The summed E-state index contributed by atoms with van der Waals surface area (Å²) in [5.41, 5.74) is 0.237. The molecule has 104 valence electrons. The molecule has 1 aliphatic heterocycles. The molecule has 1 aliphatic rings. The van der Waals surface area contributed by atoms with E-state index in [0.717, 1.165) is 17.9 Å². The van der Waals surface area contributed by atoms with Gasteiger partial charge >= 0.3 is 22.2 Å². The number of ether oxygens (including phenoxy) is 1. The number of nitrogens with one attached hydrogen (secondary N) is 1. The Kier molecular flexibility index (Phi) is 3.85. The fourth-order valence-electron chi connectivity index (χ4n) is 1.33. The minimum atomic E-state index is -4.25. The maximum absolute atomic E-state index is 11.5. The number of cyclic esters (lactones) is 2. The molecule has 0 saturated carbocycles. The van der Waals surface area contributed by atoms with Gasteiger partial charge in [-0.25, -0.2) is 14.3 Å². The summed E-state index contributed by atoms with van der Waals surface area (Å²) in [6.07, 6.45) is 3.09. The highest BCUT2D eigenvalue weighted by Gasteiger charge is 2.27. The van der Waals surface area contributed by atoms with Crippen LogP contribution in [0.5, 0.6) is 0 Å². The third-order valence-electron chi connectivity index (χ3n) is 2.15. The molecule has 0 aromatic heterocycles. The largest absolute Gasteiger partial charge is 0.407 e. The van der Waals surface area contributed by atoms with Crippen molar-refractivity contribution in [3.8, 4) is 0 Å². The lowest BCUT2D eigenvalue weighted by Crippen LogP contribution is -2.26. The van der Waals surface area contributed by atoms with Crippen LogP contribution in [0.3, 0.4) is 0 Å². The van der Waals surface area contributed by atoms with Crippen LogP contribution in [-0.4, -0.2) is 20.4 Å². The predicted molar refractivity (Wildman–Crippen MR) is 67.8 cm³/mol. The van der Waals surface area contributed by atoms with Crippen LogP contribution in [0.25, 0.3) is 6.08 Å². The monoisotopic (exact) mass is 295 g/mol. The van der Waals surface area contributed by atoms with Crippen molar-refractivity contribution in [3.05, 3.63) is 53.9 Å². The number of carbonyl (C=O) groups excluding carboxylic acids is 2. The SMILES string of the molecule is O=C1C=C(NS(=O)(=O)OC=Cc2ccccc2)C(=O)O1. The van der Waals surface area contributed by atoms with Crippen molar-refractivity contribution in [2.45, 2.75) is 0 Å². The Balaban J connectivity index is 1.98. The standard InChI is InChI=1S/C12H9NO6S/c14-11-8-10(12(15)19-11)13-20(16,17)18-7-6-9-4-2-1-3-5-9/h1-8,13H. The molecule has 0 saturated heterocycles. The molecule has 0 radical (unpaired) electrons. The number of carbonyl (C=O) groups is 2. The summed E-state index contributed by atoms with van der Waals surface area (Å²) in [6.45, 7) is 0. The second-order valence-corrected chi connectivity index (χ2v) is 4.94. The molecule has 0 spiro atoms. The Hall–Kier alpha value is -2.61. The third kappa shape index (κ3) is 3.69. The van der Waals surface area contributed by atoms with Gasteiger partial charge in [-0.15, -0.1) is 0 Å². The van der Waals surface area contributed by atoms with E-state index in [4.69, 9.17) is 0 Å². The molecule has 7 nitrogen and oxygen atoms in total. The summed E-state index contributed by atoms with van der Waals surface area (Å²) in [6, 6.07) is 8.85. The summed E-state index contributed by atoms with van der Waals surface area (Å²) in [7, 11) is -4.25. The van der Waals surface area contributed by atoms with Gasteiger partial charge in [-0.3, -0.25) is 0 Å². The van der Waals surface area contributed by atoms with Crippen molar-refractivity contribution in [1.82, 2.24) is 4.72 Å². The summed E-state index contributed by atoms with van der Waals surface area (Å²) in [4.78, 5) is 21.8. The molecule has 0 aliphatic carbocycles. The molecule has 0 bridgehead atoms. The molecule has 1 aromatic carbocycles. The van der Waals surface area contributed by atoms with Crippen LogP contribution < -0.4 is 4.72 Å². The molecule has 0 fully saturated rings. The van der Waals surface area contributed by atoms with Crippen LogP contribution in [-0.2, 0) is 28.8 Å². The van der Waals surface area contributed by atoms with Crippen molar-refractivity contribution in [2.24, 2.45) is 0 Å². The van der Waals surface area contributed by atoms with E-state index < -0.39 is 27.9 Å². The zero-order valence-corrected chi connectivity index (χ0v) is 10.8. The summed E-state index contributed by atoms with van der Waals surface area (Å²) >= 11 is 0. The molecule has 20 heavy (non-hydrogen) atoms. The van der Waals surface area contributed by atoms with Crippen LogP contribution in [0.15, 0.2) is 48.4 Å². The van der Waals surface area contributed by atoms with Crippen LogP contribution >= 0.6 is 0 Å². The van der Waals surface area contributed by atoms with Gasteiger partial charge in [0.05, 0.1) is 6.08 Å². The molecule has 1 aromatic rings. The maximum Gasteiger partial charge on any atom is 0.407 e. The molecule has 0 unspecified atom stereocenters. The topological polar surface area (TPSA) is 98.8 Å². The zero-order valence-electron chi connectivity index (χ0n) is 9.98. The van der Waals surface area contributed by atoms with Crippen molar-refractivity contribution in [3.63, 3.8) is 0 Å². The molecule has 8 heteroatoms. The number of esters is 2. The first-order valence-corrected chi connectivity index (χ1v) is 6.77. The van der Waals surface area contributed by atoms with Gasteiger partial charge < -0.3 is 8.92 Å². The van der Waals surface area contributed by atoms with E-state index in [-0.39, 0.29) is 0 Å². The van der Waals surface area contributed by atoms with Gasteiger partial charge in [-0.2, -0.15) is 8.42 Å². The lowest BCUT2D eigenvalue weighted by molar-refractivity contribution is -0.150. The first-order valence-electron chi connectivity index (χ1n) is 5.37. The minimum absolute atomic E-state index is 0.497. The van der Waals surface area contributed by atoms with Crippen molar-refractivity contribution in [2.75, 3.05) is 0 Å². The smallest absolute Gasteiger partial charge is 0.385 e. The maximum atomic E-state index is 11.5. The molecule has 1 heterocycles. The predicted octanol–water partition coefficient (Wildman–Crippen LogP) is 0.476. The number of benzene rings is 1. The van der Waals surface area contributed by atoms with E-state index in [0.29, 0.717) is 0 Å². The Morgan fingerprint density at radius 2 is 1.85 bits per heavy atom. The first kappa shape index (κ1) is 13.8. The second-order valence-electron chi connectivity index (χ2n) is 3.63. The van der Waals surface area contributed by atoms with E-state index in [2.05, 4.69) is 8.92 Å². The quantitative estimate of drug-likeness (QED) is 0.482. The normalized spacial score (nSPS) is 15.1. The number of hydrogen-bond donors (Lipinski definition) is 1. The van der Waals surface area contributed by atoms with Crippen molar-refractivity contribution < 1.29 is 26.9 Å². The van der Waals surface area contributed by atoms with Gasteiger partial charge in [0.25, 0.3) is 0 Å². The van der Waals surface area contributed by atoms with Crippen LogP contribution in [0.2, 0.25) is 0 Å². The number of hydrogen-bond acceptors (Lipinski definition) is 6. The Morgan fingerprint density at radius 3 is 2.45 bits per heavy atom. The molecule has 2 rings (SSSR count). The fraction of sp³-hybridized carbons (Fsp3) is 0. The highest BCUT2D eigenvalue weighted by molar-refractivity contribution is 7.85. The molecule has 0 amide bonds. The average Bonchev–Trinajstić information content (AvgIpc) is 2.68. The number of rotatable bonds is 5. The van der Waals surface area contributed by atoms with Gasteiger partial charge in [0, 0.05) is 0 Å². The van der Waals surface area contributed by atoms with Gasteiger partial charge in [-0.05, 0) is 11.6 Å². The summed E-state index contributed by atoms with van der Waals surface area (Å²) in [5.74, 6) is -2.01. The average molecular weight is 295 g/mol. The zero-order chi connectivity index (χ0) is 14.6. The van der Waals surface area contributed by atoms with Crippen LogP contribution in [0, 0.1) is 0 Å². The van der Waals surface area contributed by atoms with E-state index in [1.54, 1.807) is 29.0 Å². The van der Waals surface area contributed by atoms with Gasteiger partial charge in [-0.1, -0.05) is 30.3 Å². The minimum Gasteiger partial charge on any atom is -0.385 e. The van der Waals surface area contributed by atoms with Crippen LogP contribution in [0.1, 0.15) is 5.56 Å². The Labute approximate surface area is 114 Å². The molecular formula is C12H9NO6S. The van der Waals surface area contributed by atoms with Gasteiger partial charge in [0.15, 0.2) is 0 Å². The van der Waals surface area contributed by atoms with E-state index in [1.165, 1.54) is 6.08 Å². The Bertz CT molecular complexity index is 690. The van der Waals surface area contributed by atoms with Gasteiger partial charge in [0.1, 0.15) is 12.0 Å². The van der Waals surface area contributed by atoms with Crippen LogP contribution in [0.4, 0.5) is 0 Å². The third-order valence-corrected chi connectivity index (χ3v) is 2.99. The molecule has 0 atom stereocenters. The Morgan fingerprint density at radius 1 is 1.15 bits per heavy atom. The fourth-order valence-corrected chi connectivity index (χ4v) is 1.99. The lowest BCUT2D eigenvalue weighted by atomic mass is 10.2. The van der Waals surface area contributed by atoms with Crippen molar-refractivity contribution >= 4 is 28.3 Å². The second kappa shape index (κ2) is 5.57. The highest BCUT2D eigenvalue weighted by Crippen LogP contribution is 2.08. The van der Waals surface area contributed by atoms with Crippen molar-refractivity contribution in [1.29, 1.82) is 0 Å². The summed E-state index contributed by atoms with van der Waals surface area (Å²) < 4.78 is 33.4. The molecule has 1 N–H and O–H groups in total.